The van der Waals surface area contributed by atoms with Crippen LogP contribution in [0.15, 0.2) is 36.5 Å². The van der Waals surface area contributed by atoms with Gasteiger partial charge in [-0.25, -0.2) is 9.59 Å². The Balaban J connectivity index is 2.37. The van der Waals surface area contributed by atoms with E-state index in [0.717, 1.165) is 0 Å². The van der Waals surface area contributed by atoms with Gasteiger partial charge in [0, 0.05) is 18.9 Å². The maximum Gasteiger partial charge on any atom is 0.337 e. The molecule has 0 fully saturated rings. The van der Waals surface area contributed by atoms with E-state index in [1.807, 2.05) is 0 Å². The van der Waals surface area contributed by atoms with Crippen LogP contribution in [0, 0.1) is 0 Å². The molecular formula is C16H16N2O5. The molecule has 1 heterocycles. The van der Waals surface area contributed by atoms with E-state index >= 15 is 0 Å². The summed E-state index contributed by atoms with van der Waals surface area (Å²) in [7, 11) is 4.20. The first-order valence-corrected chi connectivity index (χ1v) is 6.70. The maximum atomic E-state index is 12.2. The van der Waals surface area contributed by atoms with Gasteiger partial charge in [-0.1, -0.05) is 0 Å². The summed E-state index contributed by atoms with van der Waals surface area (Å²) in [6, 6.07) is 7.59. The average molecular weight is 316 g/mol. The number of anilines is 1. The Kier molecular flexibility index (Phi) is 4.80. The molecule has 0 aliphatic heterocycles. The van der Waals surface area contributed by atoms with Gasteiger partial charge in [-0.3, -0.25) is 4.79 Å². The predicted octanol–water partition coefficient (Wildman–Crippen LogP) is 1.85. The fourth-order valence-corrected chi connectivity index (χ4v) is 2.06. The molecule has 1 N–H and O–H groups in total. The molecule has 120 valence electrons. The monoisotopic (exact) mass is 316 g/mol. The highest BCUT2D eigenvalue weighted by atomic mass is 16.5. The third-order valence-electron chi connectivity index (χ3n) is 3.21. The molecule has 0 unspecified atom stereocenters. The molecule has 23 heavy (non-hydrogen) atoms. The summed E-state index contributed by atoms with van der Waals surface area (Å²) in [6.45, 7) is 0. The van der Waals surface area contributed by atoms with Crippen LogP contribution < -0.4 is 5.32 Å². The molecule has 0 saturated heterocycles. The Morgan fingerprint density at radius 2 is 1.57 bits per heavy atom. The first-order chi connectivity index (χ1) is 11.0. The predicted molar refractivity (Wildman–Crippen MR) is 82.5 cm³/mol. The van der Waals surface area contributed by atoms with Crippen molar-refractivity contribution < 1.29 is 23.9 Å². The first-order valence-electron chi connectivity index (χ1n) is 6.70. The van der Waals surface area contributed by atoms with Crippen molar-refractivity contribution in [1.82, 2.24) is 4.57 Å². The molecule has 0 spiro atoms. The minimum atomic E-state index is -0.620. The summed E-state index contributed by atoms with van der Waals surface area (Å²) in [5.74, 6) is -1.61. The van der Waals surface area contributed by atoms with Gasteiger partial charge in [0.05, 0.1) is 25.3 Å². The second-order valence-corrected chi connectivity index (χ2v) is 4.74. The van der Waals surface area contributed by atoms with Gasteiger partial charge in [-0.05, 0) is 30.3 Å². The molecule has 0 bridgehead atoms. The molecule has 0 radical (unpaired) electrons. The molecule has 1 aromatic carbocycles. The molecule has 0 atom stereocenters. The van der Waals surface area contributed by atoms with E-state index in [9.17, 15) is 14.4 Å². The van der Waals surface area contributed by atoms with Crippen molar-refractivity contribution in [3.05, 3.63) is 53.3 Å². The number of esters is 2. The maximum absolute atomic E-state index is 12.2. The number of hydrogen-bond donors (Lipinski definition) is 1. The number of nitrogens with one attached hydrogen (secondary N) is 1. The second-order valence-electron chi connectivity index (χ2n) is 4.74. The highest BCUT2D eigenvalue weighted by molar-refractivity contribution is 6.05. The lowest BCUT2D eigenvalue weighted by Crippen LogP contribution is -2.16. The minimum Gasteiger partial charge on any atom is -0.465 e. The summed E-state index contributed by atoms with van der Waals surface area (Å²) in [4.78, 5) is 35.6. The van der Waals surface area contributed by atoms with Gasteiger partial charge in [-0.2, -0.15) is 0 Å². The topological polar surface area (TPSA) is 86.6 Å². The van der Waals surface area contributed by atoms with E-state index in [-0.39, 0.29) is 17.0 Å². The molecule has 1 amide bonds. The molecule has 0 aliphatic rings. The summed E-state index contributed by atoms with van der Waals surface area (Å²) in [5, 5.41) is 2.65. The lowest BCUT2D eigenvalue weighted by Gasteiger charge is -2.10. The van der Waals surface area contributed by atoms with Crippen molar-refractivity contribution in [2.24, 2.45) is 7.05 Å². The van der Waals surface area contributed by atoms with Gasteiger partial charge in [0.1, 0.15) is 5.69 Å². The standard InChI is InChI=1S/C16H16N2O5/c1-18-6-4-5-13(18)14(19)17-12-8-10(15(20)22-2)7-11(9-12)16(21)23-3/h4-9H,1-3H3,(H,17,19). The van der Waals surface area contributed by atoms with E-state index < -0.39 is 11.9 Å². The molecule has 0 aliphatic carbocycles. The van der Waals surface area contributed by atoms with E-state index in [4.69, 9.17) is 0 Å². The van der Waals surface area contributed by atoms with E-state index in [2.05, 4.69) is 14.8 Å². The lowest BCUT2D eigenvalue weighted by atomic mass is 10.1. The van der Waals surface area contributed by atoms with Crippen molar-refractivity contribution in [3.63, 3.8) is 0 Å². The number of methoxy groups -OCH3 is 2. The zero-order valence-electron chi connectivity index (χ0n) is 13.0. The first kappa shape index (κ1) is 16.3. The summed E-state index contributed by atoms with van der Waals surface area (Å²) in [5.41, 5.74) is 1.00. The molecule has 2 rings (SSSR count). The molecule has 2 aromatic rings. The average Bonchev–Trinajstić information content (AvgIpc) is 2.99. The number of hydrogen-bond acceptors (Lipinski definition) is 5. The van der Waals surface area contributed by atoms with Crippen LogP contribution in [0.5, 0.6) is 0 Å². The number of ether oxygens (including phenoxy) is 2. The van der Waals surface area contributed by atoms with Crippen molar-refractivity contribution >= 4 is 23.5 Å². The normalized spacial score (nSPS) is 10.0. The van der Waals surface area contributed by atoms with Crippen molar-refractivity contribution in [2.45, 2.75) is 0 Å². The van der Waals surface area contributed by atoms with E-state index in [1.165, 1.54) is 32.4 Å². The van der Waals surface area contributed by atoms with Gasteiger partial charge in [-0.15, -0.1) is 0 Å². The van der Waals surface area contributed by atoms with Gasteiger partial charge >= 0.3 is 11.9 Å². The quantitative estimate of drug-likeness (QED) is 0.870. The summed E-state index contributed by atoms with van der Waals surface area (Å²) < 4.78 is 10.9. The van der Waals surface area contributed by atoms with Gasteiger partial charge in [0.2, 0.25) is 0 Å². The third-order valence-corrected chi connectivity index (χ3v) is 3.21. The number of carbonyl (C=O) groups is 3. The number of aryl methyl sites for hydroxylation is 1. The number of amides is 1. The van der Waals surface area contributed by atoms with Crippen LogP contribution in [-0.2, 0) is 16.5 Å². The van der Waals surface area contributed by atoms with Crippen LogP contribution in [0.25, 0.3) is 0 Å². The van der Waals surface area contributed by atoms with Crippen LogP contribution in [0.1, 0.15) is 31.2 Å². The fourth-order valence-electron chi connectivity index (χ4n) is 2.06. The second kappa shape index (κ2) is 6.78. The third kappa shape index (κ3) is 3.57. The van der Waals surface area contributed by atoms with Crippen molar-refractivity contribution in [1.29, 1.82) is 0 Å². The smallest absolute Gasteiger partial charge is 0.337 e. The Morgan fingerprint density at radius 3 is 2.00 bits per heavy atom. The molecule has 1 aromatic heterocycles. The van der Waals surface area contributed by atoms with Crippen LogP contribution >= 0.6 is 0 Å². The number of carbonyl (C=O) groups excluding carboxylic acids is 3. The van der Waals surface area contributed by atoms with Crippen LogP contribution in [0.4, 0.5) is 5.69 Å². The highest BCUT2D eigenvalue weighted by Crippen LogP contribution is 2.18. The van der Waals surface area contributed by atoms with Crippen molar-refractivity contribution in [2.75, 3.05) is 19.5 Å². The van der Waals surface area contributed by atoms with Gasteiger partial charge in [0.25, 0.3) is 5.91 Å². The zero-order valence-corrected chi connectivity index (χ0v) is 13.0. The van der Waals surface area contributed by atoms with Crippen LogP contribution in [0.2, 0.25) is 0 Å². The van der Waals surface area contributed by atoms with E-state index in [1.54, 1.807) is 29.9 Å². The van der Waals surface area contributed by atoms with Crippen molar-refractivity contribution in [3.8, 4) is 0 Å². The molecule has 7 nitrogen and oxygen atoms in total. The molecule has 7 heteroatoms. The Bertz CT molecular complexity index is 729. The number of benzene rings is 1. The molecular weight excluding hydrogens is 300 g/mol. The van der Waals surface area contributed by atoms with Crippen LogP contribution in [0.3, 0.4) is 0 Å². The number of rotatable bonds is 4. The Labute approximate surface area is 132 Å². The number of aromatic nitrogens is 1. The van der Waals surface area contributed by atoms with Gasteiger partial charge < -0.3 is 19.4 Å². The SMILES string of the molecule is COC(=O)c1cc(NC(=O)c2cccn2C)cc(C(=O)OC)c1. The van der Waals surface area contributed by atoms with Crippen LogP contribution in [-0.4, -0.2) is 36.6 Å². The molecule has 0 saturated carbocycles. The van der Waals surface area contributed by atoms with E-state index in [0.29, 0.717) is 11.4 Å². The Morgan fingerprint density at radius 1 is 1.00 bits per heavy atom. The fraction of sp³-hybridized carbons (Fsp3) is 0.188. The van der Waals surface area contributed by atoms with Gasteiger partial charge in [0.15, 0.2) is 0 Å². The summed E-state index contributed by atoms with van der Waals surface area (Å²) >= 11 is 0. The summed E-state index contributed by atoms with van der Waals surface area (Å²) in [6.07, 6.45) is 1.74. The Hall–Kier alpha value is -3.09. The number of nitrogens with zero attached hydrogens (tertiary/aromatic N) is 1. The lowest BCUT2D eigenvalue weighted by molar-refractivity contribution is 0.0599. The largest absolute Gasteiger partial charge is 0.465 e. The minimum absolute atomic E-state index is 0.137. The zero-order chi connectivity index (χ0) is 17.0. The highest BCUT2D eigenvalue weighted by Gasteiger charge is 2.16.